The summed E-state index contributed by atoms with van der Waals surface area (Å²) < 4.78 is 1.82. The molecule has 7 heteroatoms. The second-order valence-electron chi connectivity index (χ2n) is 3.59. The molecule has 0 unspecified atom stereocenters. The number of benzene rings is 1. The van der Waals surface area contributed by atoms with Gasteiger partial charge in [-0.1, -0.05) is 17.2 Å². The quantitative estimate of drug-likeness (QED) is 0.393. The van der Waals surface area contributed by atoms with Crippen molar-refractivity contribution in [1.29, 1.82) is 0 Å². The van der Waals surface area contributed by atoms with E-state index >= 15 is 0 Å². The van der Waals surface area contributed by atoms with E-state index in [9.17, 15) is 4.79 Å². The SMILES string of the molecule is [N-]=[N+]=NC(=Cc1ccc(-n2ccnc2)cc1)C(=O)O. The van der Waals surface area contributed by atoms with E-state index in [1.54, 1.807) is 30.9 Å². The molecule has 0 spiro atoms. The summed E-state index contributed by atoms with van der Waals surface area (Å²) >= 11 is 0. The van der Waals surface area contributed by atoms with Crippen molar-refractivity contribution in [2.45, 2.75) is 0 Å². The number of carboxylic acids is 1. The highest BCUT2D eigenvalue weighted by Gasteiger charge is 2.04. The van der Waals surface area contributed by atoms with E-state index < -0.39 is 5.97 Å². The molecule has 1 heterocycles. The minimum Gasteiger partial charge on any atom is -0.478 e. The molecule has 0 radical (unpaired) electrons. The Hall–Kier alpha value is -3.05. The maximum atomic E-state index is 10.8. The summed E-state index contributed by atoms with van der Waals surface area (Å²) in [6, 6.07) is 7.07. The highest BCUT2D eigenvalue weighted by molar-refractivity contribution is 5.91. The van der Waals surface area contributed by atoms with E-state index in [2.05, 4.69) is 15.0 Å². The highest BCUT2D eigenvalue weighted by Crippen LogP contribution is 2.13. The zero-order valence-electron chi connectivity index (χ0n) is 9.71. The lowest BCUT2D eigenvalue weighted by Gasteiger charge is -2.02. The molecule has 0 fully saturated rings. The second-order valence-corrected chi connectivity index (χ2v) is 3.59. The third-order valence-electron chi connectivity index (χ3n) is 2.37. The average Bonchev–Trinajstić information content (AvgIpc) is 2.93. The number of nitrogens with zero attached hydrogens (tertiary/aromatic N) is 5. The first-order chi connectivity index (χ1) is 9.20. The lowest BCUT2D eigenvalue weighted by Crippen LogP contribution is -1.96. The summed E-state index contributed by atoms with van der Waals surface area (Å²) in [7, 11) is 0. The van der Waals surface area contributed by atoms with Gasteiger partial charge in [-0.3, -0.25) is 0 Å². The smallest absolute Gasteiger partial charge is 0.338 e. The van der Waals surface area contributed by atoms with Gasteiger partial charge in [-0.25, -0.2) is 9.78 Å². The number of hydrogen-bond donors (Lipinski definition) is 1. The Balaban J connectivity index is 2.30. The Morgan fingerprint density at radius 2 is 2.16 bits per heavy atom. The molecule has 7 nitrogen and oxygen atoms in total. The van der Waals surface area contributed by atoms with Gasteiger partial charge in [0, 0.05) is 23.0 Å². The normalized spacial score (nSPS) is 10.8. The van der Waals surface area contributed by atoms with Gasteiger partial charge in [0.15, 0.2) is 0 Å². The van der Waals surface area contributed by atoms with Crippen LogP contribution in [0.25, 0.3) is 22.2 Å². The summed E-state index contributed by atoms with van der Waals surface area (Å²) in [6.45, 7) is 0. The zero-order chi connectivity index (χ0) is 13.7. The molecule has 94 valence electrons. The number of aromatic nitrogens is 2. The Bertz CT molecular complexity index is 648. The third-order valence-corrected chi connectivity index (χ3v) is 2.37. The van der Waals surface area contributed by atoms with Gasteiger partial charge in [-0.15, -0.1) is 0 Å². The van der Waals surface area contributed by atoms with Gasteiger partial charge in [0.2, 0.25) is 0 Å². The molecule has 0 aliphatic carbocycles. The van der Waals surface area contributed by atoms with Crippen molar-refractivity contribution in [3.63, 3.8) is 0 Å². The van der Waals surface area contributed by atoms with Crippen molar-refractivity contribution in [2.24, 2.45) is 5.11 Å². The highest BCUT2D eigenvalue weighted by atomic mass is 16.4. The predicted molar refractivity (Wildman–Crippen MR) is 68.3 cm³/mol. The van der Waals surface area contributed by atoms with Crippen LogP contribution in [0.15, 0.2) is 53.8 Å². The molecule has 0 amide bonds. The Labute approximate surface area is 108 Å². The Morgan fingerprint density at radius 3 is 2.68 bits per heavy atom. The minimum absolute atomic E-state index is 0.349. The average molecular weight is 255 g/mol. The number of carboxylic acid groups (broad SMARTS) is 1. The fourth-order valence-electron chi connectivity index (χ4n) is 1.49. The molecule has 0 saturated carbocycles. The molecule has 1 N–H and O–H groups in total. The Kier molecular flexibility index (Phi) is 3.61. The van der Waals surface area contributed by atoms with E-state index in [1.807, 2.05) is 16.7 Å². The van der Waals surface area contributed by atoms with Gasteiger partial charge in [0.25, 0.3) is 0 Å². The summed E-state index contributed by atoms with van der Waals surface area (Å²) in [4.78, 5) is 17.2. The minimum atomic E-state index is -1.27. The largest absolute Gasteiger partial charge is 0.478 e. The first-order valence-corrected chi connectivity index (χ1v) is 5.29. The first kappa shape index (κ1) is 12.4. The van der Waals surface area contributed by atoms with Crippen LogP contribution in [0.5, 0.6) is 0 Å². The van der Waals surface area contributed by atoms with Crippen LogP contribution in [0.3, 0.4) is 0 Å². The molecule has 1 aromatic heterocycles. The molecule has 0 saturated heterocycles. The monoisotopic (exact) mass is 255 g/mol. The van der Waals surface area contributed by atoms with Crippen LogP contribution in [0.2, 0.25) is 0 Å². The second kappa shape index (κ2) is 5.52. The van der Waals surface area contributed by atoms with E-state index in [0.717, 1.165) is 5.69 Å². The number of hydrogen-bond acceptors (Lipinski definition) is 3. The number of aliphatic carboxylic acids is 1. The molecule has 2 aromatic rings. The molecule has 2 rings (SSSR count). The molecule has 1 aromatic carbocycles. The van der Waals surface area contributed by atoms with Crippen LogP contribution in [0.1, 0.15) is 5.56 Å². The molecule has 0 atom stereocenters. The first-order valence-electron chi connectivity index (χ1n) is 5.29. The number of rotatable bonds is 4. The van der Waals surface area contributed by atoms with Gasteiger partial charge < -0.3 is 9.67 Å². The van der Waals surface area contributed by atoms with Crippen LogP contribution in [0.4, 0.5) is 0 Å². The van der Waals surface area contributed by atoms with Crippen molar-refractivity contribution >= 4 is 12.0 Å². The van der Waals surface area contributed by atoms with Crippen LogP contribution >= 0.6 is 0 Å². The maximum absolute atomic E-state index is 10.8. The fourth-order valence-corrected chi connectivity index (χ4v) is 1.49. The van der Waals surface area contributed by atoms with Crippen molar-refractivity contribution < 1.29 is 9.90 Å². The third kappa shape index (κ3) is 2.99. The topological polar surface area (TPSA) is 104 Å². The van der Waals surface area contributed by atoms with E-state index in [0.29, 0.717) is 5.56 Å². The zero-order valence-corrected chi connectivity index (χ0v) is 9.71. The van der Waals surface area contributed by atoms with E-state index in [1.165, 1.54) is 6.08 Å². The van der Waals surface area contributed by atoms with Gasteiger partial charge in [-0.2, -0.15) is 0 Å². The lowest BCUT2D eigenvalue weighted by molar-refractivity contribution is -0.132. The van der Waals surface area contributed by atoms with Crippen LogP contribution < -0.4 is 0 Å². The van der Waals surface area contributed by atoms with Crippen molar-refractivity contribution in [1.82, 2.24) is 9.55 Å². The number of imidazole rings is 1. The molecule has 0 aliphatic rings. The van der Waals surface area contributed by atoms with Crippen LogP contribution in [-0.4, -0.2) is 20.6 Å². The van der Waals surface area contributed by atoms with Crippen molar-refractivity contribution in [2.75, 3.05) is 0 Å². The van der Waals surface area contributed by atoms with Crippen molar-refractivity contribution in [3.05, 3.63) is 64.7 Å². The van der Waals surface area contributed by atoms with E-state index in [4.69, 9.17) is 10.6 Å². The fraction of sp³-hybridized carbons (Fsp3) is 0. The van der Waals surface area contributed by atoms with Crippen molar-refractivity contribution in [3.8, 4) is 5.69 Å². The van der Waals surface area contributed by atoms with Crippen LogP contribution in [0, 0.1) is 0 Å². The van der Waals surface area contributed by atoms with Gasteiger partial charge in [0.1, 0.15) is 5.70 Å². The van der Waals surface area contributed by atoms with E-state index in [-0.39, 0.29) is 5.70 Å². The number of azide groups is 1. The lowest BCUT2D eigenvalue weighted by atomic mass is 10.2. The maximum Gasteiger partial charge on any atom is 0.338 e. The van der Waals surface area contributed by atoms with Gasteiger partial charge in [-0.05, 0) is 29.3 Å². The standard InChI is InChI=1S/C12H9N5O2/c13-16-15-11(12(18)19)7-9-1-3-10(4-2-9)17-6-5-14-8-17/h1-8H,(H,18,19). The van der Waals surface area contributed by atoms with Gasteiger partial charge >= 0.3 is 5.97 Å². The summed E-state index contributed by atoms with van der Waals surface area (Å²) in [5.41, 5.74) is 9.46. The molecule has 19 heavy (non-hydrogen) atoms. The predicted octanol–water partition coefficient (Wildman–Crippen LogP) is 2.61. The summed E-state index contributed by atoms with van der Waals surface area (Å²) in [5.74, 6) is -1.27. The van der Waals surface area contributed by atoms with Gasteiger partial charge in [0.05, 0.1) is 6.33 Å². The number of carbonyl (C=O) groups is 1. The Morgan fingerprint density at radius 1 is 1.42 bits per heavy atom. The summed E-state index contributed by atoms with van der Waals surface area (Å²) in [6.07, 6.45) is 6.43. The van der Waals surface area contributed by atoms with Crippen LogP contribution in [-0.2, 0) is 4.79 Å². The molecular formula is C12H9N5O2. The molecule has 0 aliphatic heterocycles. The molecule has 0 bridgehead atoms. The summed E-state index contributed by atoms with van der Waals surface area (Å²) in [5, 5.41) is 11.9. The molecular weight excluding hydrogens is 246 g/mol.